The molecule has 86 valence electrons. The summed E-state index contributed by atoms with van der Waals surface area (Å²) < 4.78 is 1.16. The van der Waals surface area contributed by atoms with Gasteiger partial charge in [0.05, 0.1) is 0 Å². The van der Waals surface area contributed by atoms with Crippen molar-refractivity contribution in [2.75, 3.05) is 0 Å². The van der Waals surface area contributed by atoms with Crippen molar-refractivity contribution in [1.29, 1.82) is 0 Å². The highest BCUT2D eigenvalue weighted by Crippen LogP contribution is 2.29. The monoisotopic (exact) mass is 290 g/mol. The van der Waals surface area contributed by atoms with E-state index in [0.717, 1.165) is 17.3 Å². The third kappa shape index (κ3) is 3.55. The fourth-order valence-corrected chi connectivity index (χ4v) is 2.97. The number of rotatable bonds is 5. The van der Waals surface area contributed by atoms with Crippen LogP contribution in [0.1, 0.15) is 32.1 Å². The van der Waals surface area contributed by atoms with Gasteiger partial charge in [-0.25, -0.2) is 0 Å². The van der Waals surface area contributed by atoms with Crippen LogP contribution < -0.4 is 11.3 Å². The van der Waals surface area contributed by atoms with E-state index in [2.05, 4.69) is 53.6 Å². The summed E-state index contributed by atoms with van der Waals surface area (Å²) in [5, 5.41) is 2.11. The van der Waals surface area contributed by atoms with E-state index in [4.69, 9.17) is 5.84 Å². The number of hydrogen-bond donors (Lipinski definition) is 2. The predicted octanol–water partition coefficient (Wildman–Crippen LogP) is 3.32. The zero-order chi connectivity index (χ0) is 11.5. The molecule has 0 amide bonds. The van der Waals surface area contributed by atoms with Crippen molar-refractivity contribution in [3.8, 4) is 0 Å². The standard InChI is InChI=1S/C11H19BrN2S/c1-4-11(2,3)10(14-13)6-9-5-8(12)7-15-9/h5,7,10,14H,4,6,13H2,1-3H3. The molecule has 1 rings (SSSR count). The van der Waals surface area contributed by atoms with Crippen LogP contribution in [-0.2, 0) is 6.42 Å². The smallest absolute Gasteiger partial charge is 0.0309 e. The maximum Gasteiger partial charge on any atom is 0.0309 e. The molecule has 0 saturated carbocycles. The number of nitrogens with one attached hydrogen (secondary N) is 1. The van der Waals surface area contributed by atoms with Gasteiger partial charge >= 0.3 is 0 Å². The second-order valence-corrected chi connectivity index (χ2v) is 6.41. The van der Waals surface area contributed by atoms with Gasteiger partial charge in [0.2, 0.25) is 0 Å². The summed E-state index contributed by atoms with van der Waals surface area (Å²) in [5.41, 5.74) is 3.17. The maximum atomic E-state index is 5.63. The quantitative estimate of drug-likeness (QED) is 0.645. The zero-order valence-corrected chi connectivity index (χ0v) is 11.9. The highest BCUT2D eigenvalue weighted by Gasteiger charge is 2.27. The zero-order valence-electron chi connectivity index (χ0n) is 9.51. The summed E-state index contributed by atoms with van der Waals surface area (Å²) in [6, 6.07) is 2.49. The van der Waals surface area contributed by atoms with Crippen molar-refractivity contribution >= 4 is 27.3 Å². The number of halogens is 1. The molecule has 0 saturated heterocycles. The molecule has 4 heteroatoms. The van der Waals surface area contributed by atoms with Crippen molar-refractivity contribution < 1.29 is 0 Å². The summed E-state index contributed by atoms with van der Waals surface area (Å²) >= 11 is 5.25. The van der Waals surface area contributed by atoms with Gasteiger partial charge in [0.1, 0.15) is 0 Å². The Labute approximate surface area is 104 Å². The summed E-state index contributed by atoms with van der Waals surface area (Å²) in [5.74, 6) is 5.63. The molecule has 0 aromatic carbocycles. The summed E-state index contributed by atoms with van der Waals surface area (Å²) in [4.78, 5) is 1.37. The van der Waals surface area contributed by atoms with E-state index in [1.54, 1.807) is 11.3 Å². The largest absolute Gasteiger partial charge is 0.271 e. The minimum Gasteiger partial charge on any atom is -0.271 e. The molecule has 1 heterocycles. The van der Waals surface area contributed by atoms with Gasteiger partial charge in [-0.1, -0.05) is 20.8 Å². The van der Waals surface area contributed by atoms with Crippen molar-refractivity contribution in [3.05, 3.63) is 20.8 Å². The first-order valence-electron chi connectivity index (χ1n) is 5.18. The van der Waals surface area contributed by atoms with Crippen LogP contribution in [0.5, 0.6) is 0 Å². The van der Waals surface area contributed by atoms with Crippen LogP contribution in [0.3, 0.4) is 0 Å². The average Bonchev–Trinajstić information content (AvgIpc) is 2.60. The summed E-state index contributed by atoms with van der Waals surface area (Å²) in [6.45, 7) is 6.70. The van der Waals surface area contributed by atoms with Crippen molar-refractivity contribution in [2.24, 2.45) is 11.3 Å². The average molecular weight is 291 g/mol. The van der Waals surface area contributed by atoms with Gasteiger partial charge in [0, 0.05) is 20.8 Å². The van der Waals surface area contributed by atoms with E-state index in [9.17, 15) is 0 Å². The minimum absolute atomic E-state index is 0.227. The van der Waals surface area contributed by atoms with E-state index in [1.807, 2.05) is 0 Å². The van der Waals surface area contributed by atoms with Crippen molar-refractivity contribution in [2.45, 2.75) is 39.7 Å². The lowest BCUT2D eigenvalue weighted by atomic mass is 9.80. The molecule has 1 aromatic heterocycles. The Balaban J connectivity index is 2.69. The van der Waals surface area contributed by atoms with Gasteiger partial charge in [-0.05, 0) is 40.3 Å². The summed E-state index contributed by atoms with van der Waals surface area (Å²) in [7, 11) is 0. The van der Waals surface area contributed by atoms with Gasteiger partial charge in [-0.2, -0.15) is 0 Å². The predicted molar refractivity (Wildman–Crippen MR) is 70.9 cm³/mol. The van der Waals surface area contributed by atoms with E-state index >= 15 is 0 Å². The van der Waals surface area contributed by atoms with Crippen LogP contribution in [-0.4, -0.2) is 6.04 Å². The first kappa shape index (κ1) is 13.2. The van der Waals surface area contributed by atoms with Gasteiger partial charge in [0.25, 0.3) is 0 Å². The van der Waals surface area contributed by atoms with Gasteiger partial charge in [-0.3, -0.25) is 11.3 Å². The Kier molecular flexibility index (Phi) is 4.77. The second-order valence-electron chi connectivity index (χ2n) is 4.50. The van der Waals surface area contributed by atoms with Crippen LogP contribution in [0.4, 0.5) is 0 Å². The Bertz CT molecular complexity index is 309. The highest BCUT2D eigenvalue weighted by atomic mass is 79.9. The van der Waals surface area contributed by atoms with Crippen molar-refractivity contribution in [3.63, 3.8) is 0 Å². The number of hydrazine groups is 1. The first-order valence-corrected chi connectivity index (χ1v) is 6.86. The molecular weight excluding hydrogens is 272 g/mol. The molecule has 0 bridgehead atoms. The normalized spacial score (nSPS) is 14.2. The number of hydrogen-bond acceptors (Lipinski definition) is 3. The maximum absolute atomic E-state index is 5.63. The Hall–Kier alpha value is 0.1000. The number of nitrogens with two attached hydrogens (primary N) is 1. The lowest BCUT2D eigenvalue weighted by Crippen LogP contribution is -2.46. The van der Waals surface area contributed by atoms with Crippen LogP contribution in [0.15, 0.2) is 15.9 Å². The Morgan fingerprint density at radius 2 is 2.27 bits per heavy atom. The molecule has 0 fully saturated rings. The summed E-state index contributed by atoms with van der Waals surface area (Å²) in [6.07, 6.45) is 2.11. The van der Waals surface area contributed by atoms with Gasteiger partial charge < -0.3 is 0 Å². The Morgan fingerprint density at radius 1 is 1.60 bits per heavy atom. The van der Waals surface area contributed by atoms with E-state index in [0.29, 0.717) is 6.04 Å². The fraction of sp³-hybridized carbons (Fsp3) is 0.636. The molecule has 1 unspecified atom stereocenters. The highest BCUT2D eigenvalue weighted by molar-refractivity contribution is 9.10. The van der Waals surface area contributed by atoms with Crippen LogP contribution in [0.2, 0.25) is 0 Å². The van der Waals surface area contributed by atoms with Gasteiger partial charge in [-0.15, -0.1) is 11.3 Å². The second kappa shape index (κ2) is 5.43. The molecule has 0 aliphatic heterocycles. The van der Waals surface area contributed by atoms with Crippen molar-refractivity contribution in [1.82, 2.24) is 5.43 Å². The SMILES string of the molecule is CCC(C)(C)C(Cc1cc(Br)cs1)NN. The molecule has 0 radical (unpaired) electrons. The molecule has 1 atom stereocenters. The molecule has 2 nitrogen and oxygen atoms in total. The van der Waals surface area contributed by atoms with Gasteiger partial charge in [0.15, 0.2) is 0 Å². The number of thiophene rings is 1. The van der Waals surface area contributed by atoms with E-state index in [-0.39, 0.29) is 5.41 Å². The van der Waals surface area contributed by atoms with E-state index in [1.165, 1.54) is 4.88 Å². The molecule has 15 heavy (non-hydrogen) atoms. The molecule has 0 aliphatic rings. The van der Waals surface area contributed by atoms with E-state index < -0.39 is 0 Å². The lowest BCUT2D eigenvalue weighted by molar-refractivity contribution is 0.232. The molecular formula is C11H19BrN2S. The third-order valence-corrected chi connectivity index (χ3v) is 4.80. The first-order chi connectivity index (χ1) is 6.99. The van der Waals surface area contributed by atoms with Crippen LogP contribution in [0.25, 0.3) is 0 Å². The van der Waals surface area contributed by atoms with Crippen LogP contribution >= 0.6 is 27.3 Å². The Morgan fingerprint density at radius 3 is 2.67 bits per heavy atom. The minimum atomic E-state index is 0.227. The molecule has 3 N–H and O–H groups in total. The third-order valence-electron chi connectivity index (χ3n) is 3.08. The topological polar surface area (TPSA) is 38.0 Å². The molecule has 1 aromatic rings. The molecule has 0 aliphatic carbocycles. The van der Waals surface area contributed by atoms with Crippen LogP contribution in [0, 0.1) is 5.41 Å². The lowest BCUT2D eigenvalue weighted by Gasteiger charge is -2.32. The molecule has 0 spiro atoms. The fourth-order valence-electron chi connectivity index (χ4n) is 1.47.